The minimum Gasteiger partial charge on any atom is -0.497 e. The molecule has 24 heavy (non-hydrogen) atoms. The van der Waals surface area contributed by atoms with E-state index in [1.165, 1.54) is 6.92 Å². The van der Waals surface area contributed by atoms with Crippen LogP contribution < -0.4 is 14.2 Å². The van der Waals surface area contributed by atoms with Gasteiger partial charge in [-0.15, -0.1) is 0 Å². The number of ketones is 1. The van der Waals surface area contributed by atoms with E-state index in [9.17, 15) is 9.59 Å². The molecule has 0 unspecified atom stereocenters. The lowest BCUT2D eigenvalue weighted by atomic mass is 9.84. The maximum absolute atomic E-state index is 12.9. The molecule has 0 spiro atoms. The number of fused-ring (bicyclic) bond motifs is 1. The zero-order chi connectivity index (χ0) is 17.3. The quantitative estimate of drug-likeness (QED) is 0.639. The predicted molar refractivity (Wildman–Crippen MR) is 87.9 cm³/mol. The molecule has 0 saturated heterocycles. The molecular weight excluding hydrogens is 308 g/mol. The second-order valence-electron chi connectivity index (χ2n) is 5.69. The van der Waals surface area contributed by atoms with Crippen LogP contribution in [-0.4, -0.2) is 25.0 Å². The van der Waals surface area contributed by atoms with Gasteiger partial charge in [-0.05, 0) is 36.8 Å². The second kappa shape index (κ2) is 6.35. The van der Waals surface area contributed by atoms with E-state index in [2.05, 4.69) is 0 Å². The molecule has 124 valence electrons. The molecule has 0 saturated carbocycles. The number of esters is 1. The molecule has 1 aliphatic heterocycles. The third-order valence-electron chi connectivity index (χ3n) is 4.02. The Kier molecular flexibility index (Phi) is 4.25. The van der Waals surface area contributed by atoms with Gasteiger partial charge in [-0.1, -0.05) is 12.1 Å². The highest BCUT2D eigenvalue weighted by atomic mass is 16.5. The van der Waals surface area contributed by atoms with Gasteiger partial charge in [-0.3, -0.25) is 9.59 Å². The van der Waals surface area contributed by atoms with E-state index in [4.69, 9.17) is 14.2 Å². The van der Waals surface area contributed by atoms with Crippen molar-refractivity contribution in [2.75, 3.05) is 7.11 Å². The van der Waals surface area contributed by atoms with Gasteiger partial charge >= 0.3 is 5.97 Å². The van der Waals surface area contributed by atoms with Crippen molar-refractivity contribution in [3.05, 3.63) is 53.6 Å². The molecule has 3 rings (SSSR count). The summed E-state index contributed by atoms with van der Waals surface area (Å²) in [5.74, 6) is 0.731. The normalized spacial score (nSPS) is 19.2. The number of hydrogen-bond donors (Lipinski definition) is 0. The lowest BCUT2D eigenvalue weighted by Gasteiger charge is -2.30. The van der Waals surface area contributed by atoms with E-state index in [0.717, 1.165) is 11.3 Å². The molecule has 0 fully saturated rings. The summed E-state index contributed by atoms with van der Waals surface area (Å²) in [5, 5.41) is 0. The van der Waals surface area contributed by atoms with Crippen LogP contribution in [0.4, 0.5) is 0 Å². The Hall–Kier alpha value is -2.82. The molecule has 0 bridgehead atoms. The van der Waals surface area contributed by atoms with Gasteiger partial charge in [-0.25, -0.2) is 0 Å². The number of carbonyl (C=O) groups is 2. The molecule has 5 heteroatoms. The number of Topliss-reactive ketones (excluding diaryl/α,β-unsaturated/α-hetero) is 1. The van der Waals surface area contributed by atoms with Gasteiger partial charge in [-0.2, -0.15) is 0 Å². The third-order valence-corrected chi connectivity index (χ3v) is 4.02. The van der Waals surface area contributed by atoms with Crippen molar-refractivity contribution in [2.45, 2.75) is 25.9 Å². The maximum Gasteiger partial charge on any atom is 0.308 e. The Balaban J connectivity index is 1.93. The van der Waals surface area contributed by atoms with Crippen molar-refractivity contribution in [1.29, 1.82) is 0 Å². The van der Waals surface area contributed by atoms with E-state index in [1.807, 2.05) is 31.2 Å². The Morgan fingerprint density at radius 2 is 1.75 bits per heavy atom. The number of carbonyl (C=O) groups excluding carboxylic acids is 2. The van der Waals surface area contributed by atoms with Crippen LogP contribution in [0.1, 0.15) is 35.7 Å². The summed E-state index contributed by atoms with van der Waals surface area (Å²) in [4.78, 5) is 24.0. The minimum absolute atomic E-state index is 0.0108. The van der Waals surface area contributed by atoms with Crippen LogP contribution in [0.2, 0.25) is 0 Å². The highest BCUT2D eigenvalue weighted by molar-refractivity contribution is 6.04. The molecule has 0 aromatic heterocycles. The molecule has 2 aromatic carbocycles. The maximum atomic E-state index is 12.9. The summed E-state index contributed by atoms with van der Waals surface area (Å²) in [5.41, 5.74) is 1.37. The minimum atomic E-state index is -0.416. The molecule has 0 aliphatic carbocycles. The molecular formula is C19H18O5. The average molecular weight is 326 g/mol. The highest BCUT2D eigenvalue weighted by Gasteiger charge is 2.36. The SMILES string of the molecule is COc1ccc([C@@H]2C(=O)c3ccc(OC(C)=O)cc3O[C@@H]2C)cc1. The van der Waals surface area contributed by atoms with Gasteiger partial charge in [0.15, 0.2) is 5.78 Å². The van der Waals surface area contributed by atoms with Gasteiger partial charge in [0.25, 0.3) is 0 Å². The number of ether oxygens (including phenoxy) is 3. The van der Waals surface area contributed by atoms with Gasteiger partial charge in [0.1, 0.15) is 23.4 Å². The first-order valence-electron chi connectivity index (χ1n) is 7.67. The van der Waals surface area contributed by atoms with Crippen LogP contribution in [0, 0.1) is 0 Å². The highest BCUT2D eigenvalue weighted by Crippen LogP contribution is 2.38. The van der Waals surface area contributed by atoms with E-state index >= 15 is 0 Å². The summed E-state index contributed by atoms with van der Waals surface area (Å²) in [6.07, 6.45) is -0.328. The molecule has 0 N–H and O–H groups in total. The Bertz CT molecular complexity index is 779. The first-order chi connectivity index (χ1) is 11.5. The largest absolute Gasteiger partial charge is 0.497 e. The van der Waals surface area contributed by atoms with Crippen molar-refractivity contribution < 1.29 is 23.8 Å². The van der Waals surface area contributed by atoms with Crippen LogP contribution in [0.3, 0.4) is 0 Å². The van der Waals surface area contributed by atoms with Gasteiger partial charge in [0, 0.05) is 13.0 Å². The zero-order valence-electron chi connectivity index (χ0n) is 13.7. The molecule has 2 aromatic rings. The van der Waals surface area contributed by atoms with Crippen LogP contribution in [-0.2, 0) is 4.79 Å². The van der Waals surface area contributed by atoms with Crippen molar-refractivity contribution >= 4 is 11.8 Å². The molecule has 5 nitrogen and oxygen atoms in total. The number of rotatable bonds is 3. The van der Waals surface area contributed by atoms with E-state index < -0.39 is 5.97 Å². The molecule has 1 aliphatic rings. The Morgan fingerprint density at radius 3 is 2.38 bits per heavy atom. The summed E-state index contributed by atoms with van der Waals surface area (Å²) in [7, 11) is 1.60. The van der Waals surface area contributed by atoms with E-state index in [0.29, 0.717) is 17.1 Å². The van der Waals surface area contributed by atoms with Crippen LogP contribution in [0.15, 0.2) is 42.5 Å². The Labute approximate surface area is 140 Å². The van der Waals surface area contributed by atoms with Crippen molar-refractivity contribution in [3.63, 3.8) is 0 Å². The number of hydrogen-bond acceptors (Lipinski definition) is 5. The standard InChI is InChI=1S/C19H18O5/c1-11-18(13-4-6-14(22-3)7-5-13)19(21)16-9-8-15(24-12(2)20)10-17(16)23-11/h4-11,18H,1-3H3/t11-,18-/m1/s1. The Morgan fingerprint density at radius 1 is 1.08 bits per heavy atom. The second-order valence-corrected chi connectivity index (χ2v) is 5.69. The monoisotopic (exact) mass is 326 g/mol. The van der Waals surface area contributed by atoms with Crippen molar-refractivity contribution in [2.24, 2.45) is 0 Å². The van der Waals surface area contributed by atoms with Crippen molar-refractivity contribution in [1.82, 2.24) is 0 Å². The topological polar surface area (TPSA) is 61.8 Å². The van der Waals surface area contributed by atoms with Crippen LogP contribution >= 0.6 is 0 Å². The van der Waals surface area contributed by atoms with Gasteiger partial charge in [0.2, 0.25) is 0 Å². The predicted octanol–water partition coefficient (Wildman–Crippen LogP) is 3.37. The lowest BCUT2D eigenvalue weighted by Crippen LogP contribution is -2.33. The first-order valence-corrected chi connectivity index (χ1v) is 7.67. The summed E-state index contributed by atoms with van der Waals surface area (Å²) < 4.78 is 16.1. The van der Waals surface area contributed by atoms with E-state index in [-0.39, 0.29) is 17.8 Å². The smallest absolute Gasteiger partial charge is 0.308 e. The third kappa shape index (κ3) is 2.97. The fraction of sp³-hybridized carbons (Fsp3) is 0.263. The fourth-order valence-corrected chi connectivity index (χ4v) is 2.92. The zero-order valence-corrected chi connectivity index (χ0v) is 13.7. The number of benzene rings is 2. The lowest BCUT2D eigenvalue weighted by molar-refractivity contribution is -0.131. The summed E-state index contributed by atoms with van der Waals surface area (Å²) >= 11 is 0. The molecule has 0 radical (unpaired) electrons. The summed E-state index contributed by atoms with van der Waals surface area (Å²) in [6.45, 7) is 3.18. The van der Waals surface area contributed by atoms with Crippen LogP contribution in [0.25, 0.3) is 0 Å². The van der Waals surface area contributed by atoms with Crippen LogP contribution in [0.5, 0.6) is 17.2 Å². The fourth-order valence-electron chi connectivity index (χ4n) is 2.92. The summed E-state index contributed by atoms with van der Waals surface area (Å²) in [6, 6.07) is 12.2. The first kappa shape index (κ1) is 16.1. The number of methoxy groups -OCH3 is 1. The van der Waals surface area contributed by atoms with E-state index in [1.54, 1.807) is 25.3 Å². The average Bonchev–Trinajstić information content (AvgIpc) is 2.54. The molecule has 2 atom stereocenters. The van der Waals surface area contributed by atoms with Gasteiger partial charge in [0.05, 0.1) is 18.6 Å². The van der Waals surface area contributed by atoms with Crippen molar-refractivity contribution in [3.8, 4) is 17.2 Å². The van der Waals surface area contributed by atoms with Gasteiger partial charge < -0.3 is 14.2 Å². The molecule has 1 heterocycles. The molecule has 0 amide bonds.